The van der Waals surface area contributed by atoms with Crippen LogP contribution in [0.5, 0.6) is 5.75 Å². The number of rotatable bonds is 3. The van der Waals surface area contributed by atoms with Gasteiger partial charge in [0.1, 0.15) is 12.4 Å². The number of carbonyl (C=O) groups is 1. The van der Waals surface area contributed by atoms with E-state index in [9.17, 15) is 4.79 Å². The van der Waals surface area contributed by atoms with Gasteiger partial charge in [-0.2, -0.15) is 0 Å². The van der Waals surface area contributed by atoms with E-state index in [0.717, 1.165) is 34.5 Å². The van der Waals surface area contributed by atoms with Gasteiger partial charge in [0.05, 0.1) is 5.57 Å². The first-order valence-electron chi connectivity index (χ1n) is 7.61. The smallest absolute Gasteiger partial charge is 0.255 e. The van der Waals surface area contributed by atoms with Gasteiger partial charge in [0.25, 0.3) is 5.91 Å². The fraction of sp³-hybridized carbons (Fsp3) is 0.211. The molecule has 3 rings (SSSR count). The van der Waals surface area contributed by atoms with Crippen molar-refractivity contribution in [2.45, 2.75) is 20.3 Å². The maximum absolute atomic E-state index is 12.6. The summed E-state index contributed by atoms with van der Waals surface area (Å²) < 4.78 is 5.65. The van der Waals surface area contributed by atoms with Crippen molar-refractivity contribution in [2.75, 3.05) is 11.9 Å². The Bertz CT molecular complexity index is 796. The molecule has 0 saturated heterocycles. The highest BCUT2D eigenvalue weighted by molar-refractivity contribution is 6.30. The molecule has 1 aliphatic heterocycles. The van der Waals surface area contributed by atoms with Gasteiger partial charge in [-0.25, -0.2) is 0 Å². The summed E-state index contributed by atoms with van der Waals surface area (Å²) in [5.41, 5.74) is 4.48. The molecule has 0 aliphatic carbocycles. The predicted molar refractivity (Wildman–Crippen MR) is 94.1 cm³/mol. The first-order valence-corrected chi connectivity index (χ1v) is 7.99. The third-order valence-electron chi connectivity index (χ3n) is 3.95. The first-order chi connectivity index (χ1) is 11.1. The molecule has 0 unspecified atom stereocenters. The SMILES string of the molecule is CCc1cccc(C)c1NC(=O)C1=Cc2cc(Cl)ccc2OC1. The molecule has 0 fully saturated rings. The zero-order valence-corrected chi connectivity index (χ0v) is 13.9. The molecule has 118 valence electrons. The number of hydrogen-bond acceptors (Lipinski definition) is 2. The lowest BCUT2D eigenvalue weighted by Gasteiger charge is -2.19. The maximum atomic E-state index is 12.6. The molecule has 4 heteroatoms. The first kappa shape index (κ1) is 15.6. The molecule has 0 bridgehead atoms. The minimum atomic E-state index is -0.139. The number of nitrogens with one attached hydrogen (secondary N) is 1. The van der Waals surface area contributed by atoms with E-state index in [1.54, 1.807) is 12.1 Å². The molecule has 1 heterocycles. The summed E-state index contributed by atoms with van der Waals surface area (Å²) >= 11 is 6.01. The molecule has 2 aromatic rings. The van der Waals surface area contributed by atoms with Gasteiger partial charge in [-0.15, -0.1) is 0 Å². The average Bonchev–Trinajstić information content (AvgIpc) is 2.55. The van der Waals surface area contributed by atoms with Gasteiger partial charge in [-0.3, -0.25) is 4.79 Å². The predicted octanol–water partition coefficient (Wildman–Crippen LogP) is 4.63. The van der Waals surface area contributed by atoms with E-state index in [1.807, 2.05) is 37.3 Å². The molecule has 1 amide bonds. The third-order valence-corrected chi connectivity index (χ3v) is 4.19. The number of anilines is 1. The number of carbonyl (C=O) groups excluding carboxylic acids is 1. The number of benzene rings is 2. The second kappa shape index (κ2) is 6.47. The summed E-state index contributed by atoms with van der Waals surface area (Å²) in [5, 5.41) is 3.65. The van der Waals surface area contributed by atoms with E-state index in [4.69, 9.17) is 16.3 Å². The Morgan fingerprint density at radius 1 is 1.30 bits per heavy atom. The fourth-order valence-electron chi connectivity index (χ4n) is 2.68. The third kappa shape index (κ3) is 3.25. The number of hydrogen-bond donors (Lipinski definition) is 1. The van der Waals surface area contributed by atoms with Crippen LogP contribution in [0.4, 0.5) is 5.69 Å². The lowest BCUT2D eigenvalue weighted by atomic mass is 10.0. The summed E-state index contributed by atoms with van der Waals surface area (Å²) in [6.07, 6.45) is 2.70. The Kier molecular flexibility index (Phi) is 4.39. The standard InChI is InChI=1S/C19H18ClNO2/c1-3-13-6-4-5-12(2)18(13)21-19(22)15-9-14-10-16(20)7-8-17(14)23-11-15/h4-10H,3,11H2,1-2H3,(H,21,22). The largest absolute Gasteiger partial charge is 0.488 e. The van der Waals surface area contributed by atoms with Crippen molar-refractivity contribution in [1.82, 2.24) is 0 Å². The number of para-hydroxylation sites is 1. The Balaban J connectivity index is 1.88. The second-order valence-corrected chi connectivity index (χ2v) is 5.99. The van der Waals surface area contributed by atoms with Gasteiger partial charge in [-0.1, -0.05) is 36.7 Å². The van der Waals surface area contributed by atoms with Crippen LogP contribution in [-0.4, -0.2) is 12.5 Å². The zero-order chi connectivity index (χ0) is 16.4. The van der Waals surface area contributed by atoms with Crippen LogP contribution >= 0.6 is 11.6 Å². The Hall–Kier alpha value is -2.26. The van der Waals surface area contributed by atoms with Crippen LogP contribution in [0.25, 0.3) is 6.08 Å². The van der Waals surface area contributed by atoms with E-state index in [-0.39, 0.29) is 12.5 Å². The van der Waals surface area contributed by atoms with E-state index >= 15 is 0 Å². The molecular formula is C19H18ClNO2. The summed E-state index contributed by atoms with van der Waals surface area (Å²) in [6.45, 7) is 4.33. The van der Waals surface area contributed by atoms with Crippen LogP contribution in [0.1, 0.15) is 23.6 Å². The van der Waals surface area contributed by atoms with Crippen LogP contribution in [-0.2, 0) is 11.2 Å². The summed E-state index contributed by atoms with van der Waals surface area (Å²) in [5.74, 6) is 0.607. The number of amides is 1. The van der Waals surface area contributed by atoms with Crippen molar-refractivity contribution in [3.63, 3.8) is 0 Å². The molecule has 0 saturated carbocycles. The summed E-state index contributed by atoms with van der Waals surface area (Å²) in [7, 11) is 0. The lowest BCUT2D eigenvalue weighted by molar-refractivity contribution is -0.113. The van der Waals surface area contributed by atoms with E-state index in [1.165, 1.54) is 0 Å². The van der Waals surface area contributed by atoms with Gasteiger partial charge >= 0.3 is 0 Å². The zero-order valence-electron chi connectivity index (χ0n) is 13.2. The molecule has 0 radical (unpaired) electrons. The maximum Gasteiger partial charge on any atom is 0.255 e. The quantitative estimate of drug-likeness (QED) is 0.893. The van der Waals surface area contributed by atoms with E-state index in [2.05, 4.69) is 12.2 Å². The van der Waals surface area contributed by atoms with Crippen molar-refractivity contribution in [1.29, 1.82) is 0 Å². The lowest BCUT2D eigenvalue weighted by Crippen LogP contribution is -2.22. The van der Waals surface area contributed by atoms with E-state index in [0.29, 0.717) is 10.6 Å². The van der Waals surface area contributed by atoms with Crippen molar-refractivity contribution in [3.8, 4) is 5.75 Å². The van der Waals surface area contributed by atoms with Crippen LogP contribution < -0.4 is 10.1 Å². The minimum absolute atomic E-state index is 0.139. The van der Waals surface area contributed by atoms with E-state index < -0.39 is 0 Å². The number of ether oxygens (including phenoxy) is 1. The molecule has 2 aromatic carbocycles. The number of halogens is 1. The molecular weight excluding hydrogens is 310 g/mol. The molecule has 0 aromatic heterocycles. The minimum Gasteiger partial charge on any atom is -0.488 e. The van der Waals surface area contributed by atoms with Crippen molar-refractivity contribution >= 4 is 29.3 Å². The summed E-state index contributed by atoms with van der Waals surface area (Å²) in [4.78, 5) is 12.6. The van der Waals surface area contributed by atoms with Gasteiger partial charge in [0, 0.05) is 16.3 Å². The van der Waals surface area contributed by atoms with Crippen molar-refractivity contribution < 1.29 is 9.53 Å². The molecule has 1 aliphatic rings. The van der Waals surface area contributed by atoms with Crippen molar-refractivity contribution in [3.05, 3.63) is 63.7 Å². The topological polar surface area (TPSA) is 38.3 Å². The summed E-state index contributed by atoms with van der Waals surface area (Å²) in [6, 6.07) is 11.4. The fourth-order valence-corrected chi connectivity index (χ4v) is 2.86. The second-order valence-electron chi connectivity index (χ2n) is 5.56. The van der Waals surface area contributed by atoms with Crippen LogP contribution in [0, 0.1) is 6.92 Å². The normalized spacial score (nSPS) is 12.9. The van der Waals surface area contributed by atoms with Gasteiger partial charge in [-0.05, 0) is 48.7 Å². The molecule has 23 heavy (non-hydrogen) atoms. The van der Waals surface area contributed by atoms with Crippen LogP contribution in [0.15, 0.2) is 42.0 Å². The Morgan fingerprint density at radius 3 is 2.91 bits per heavy atom. The van der Waals surface area contributed by atoms with Gasteiger partial charge in [0.15, 0.2) is 0 Å². The highest BCUT2D eigenvalue weighted by Gasteiger charge is 2.19. The van der Waals surface area contributed by atoms with Crippen LogP contribution in [0.3, 0.4) is 0 Å². The van der Waals surface area contributed by atoms with Crippen molar-refractivity contribution in [2.24, 2.45) is 0 Å². The number of fused-ring (bicyclic) bond motifs is 1. The highest BCUT2D eigenvalue weighted by Crippen LogP contribution is 2.30. The molecule has 0 spiro atoms. The average molecular weight is 328 g/mol. The Labute approximate surface area is 140 Å². The molecule has 1 N–H and O–H groups in total. The van der Waals surface area contributed by atoms with Gasteiger partial charge < -0.3 is 10.1 Å². The highest BCUT2D eigenvalue weighted by atomic mass is 35.5. The molecule has 0 atom stereocenters. The molecule has 3 nitrogen and oxygen atoms in total. The number of aryl methyl sites for hydroxylation is 2. The Morgan fingerprint density at radius 2 is 2.13 bits per heavy atom. The van der Waals surface area contributed by atoms with Crippen LogP contribution in [0.2, 0.25) is 5.02 Å². The monoisotopic (exact) mass is 327 g/mol. The van der Waals surface area contributed by atoms with Gasteiger partial charge in [0.2, 0.25) is 0 Å².